The highest BCUT2D eigenvalue weighted by molar-refractivity contribution is 7.17. The first-order chi connectivity index (χ1) is 11.8. The van der Waals surface area contributed by atoms with Crippen molar-refractivity contribution < 1.29 is 18.4 Å². The van der Waals surface area contributed by atoms with Crippen LogP contribution in [-0.2, 0) is 12.8 Å². The molecule has 1 aromatic carbocycles. The lowest BCUT2D eigenvalue weighted by Gasteiger charge is -2.18. The Labute approximate surface area is 152 Å². The predicted molar refractivity (Wildman–Crippen MR) is 93.3 cm³/mol. The van der Waals surface area contributed by atoms with Crippen LogP contribution in [0.1, 0.15) is 44.5 Å². The Hall–Kier alpha value is -1.99. The summed E-state index contributed by atoms with van der Waals surface area (Å²) in [5, 5.41) is 2.67. The van der Waals surface area contributed by atoms with Crippen molar-refractivity contribution in [2.24, 2.45) is 11.7 Å². The van der Waals surface area contributed by atoms with E-state index in [0.29, 0.717) is 22.9 Å². The van der Waals surface area contributed by atoms with Crippen LogP contribution in [0.15, 0.2) is 12.1 Å². The molecule has 1 aliphatic rings. The van der Waals surface area contributed by atoms with Crippen molar-refractivity contribution in [3.63, 3.8) is 0 Å². The number of primary amides is 1. The molecule has 0 saturated heterocycles. The highest BCUT2D eigenvalue weighted by Gasteiger charge is 2.28. The summed E-state index contributed by atoms with van der Waals surface area (Å²) in [6.45, 7) is 2.12. The molecule has 2 aromatic rings. The molecule has 1 heterocycles. The summed E-state index contributed by atoms with van der Waals surface area (Å²) in [4.78, 5) is 25.3. The van der Waals surface area contributed by atoms with Gasteiger partial charge in [0.2, 0.25) is 0 Å². The fourth-order valence-corrected chi connectivity index (χ4v) is 4.61. The zero-order chi connectivity index (χ0) is 18.3. The molecule has 3 rings (SSSR count). The third kappa shape index (κ3) is 3.39. The lowest BCUT2D eigenvalue weighted by molar-refractivity contribution is 0.1000. The lowest BCUT2D eigenvalue weighted by Crippen LogP contribution is -2.19. The molecule has 2 amide bonds. The Balaban J connectivity index is 1.97. The van der Waals surface area contributed by atoms with E-state index in [0.717, 1.165) is 35.4 Å². The fourth-order valence-electron chi connectivity index (χ4n) is 2.97. The Morgan fingerprint density at radius 2 is 2.00 bits per heavy atom. The number of nitrogens with one attached hydrogen (secondary N) is 1. The molecule has 0 unspecified atom stereocenters. The number of benzene rings is 1. The lowest BCUT2D eigenvalue weighted by atomic mass is 9.88. The Morgan fingerprint density at radius 1 is 1.32 bits per heavy atom. The molecule has 25 heavy (non-hydrogen) atoms. The van der Waals surface area contributed by atoms with Gasteiger partial charge < -0.3 is 11.1 Å². The summed E-state index contributed by atoms with van der Waals surface area (Å²) in [5.41, 5.74) is 6.43. The Morgan fingerprint density at radius 3 is 2.68 bits per heavy atom. The second-order valence-electron chi connectivity index (χ2n) is 6.12. The third-order valence-corrected chi connectivity index (χ3v) is 5.72. The number of fused-ring (bicyclic) bond motifs is 1. The second kappa shape index (κ2) is 6.72. The summed E-state index contributed by atoms with van der Waals surface area (Å²) in [7, 11) is 0. The maximum atomic E-state index is 13.4. The monoisotopic (exact) mass is 384 g/mol. The van der Waals surface area contributed by atoms with E-state index in [1.807, 2.05) is 0 Å². The molecule has 1 aliphatic carbocycles. The number of amides is 2. The van der Waals surface area contributed by atoms with E-state index in [2.05, 4.69) is 12.2 Å². The van der Waals surface area contributed by atoms with Gasteiger partial charge >= 0.3 is 0 Å². The largest absolute Gasteiger partial charge is 0.365 e. The maximum Gasteiger partial charge on any atom is 0.257 e. The van der Waals surface area contributed by atoms with Crippen LogP contribution in [0.5, 0.6) is 0 Å². The summed E-state index contributed by atoms with van der Waals surface area (Å²) in [5.74, 6) is -3.18. The average Bonchev–Trinajstić information content (AvgIpc) is 2.87. The normalized spacial score (nSPS) is 16.4. The van der Waals surface area contributed by atoms with Gasteiger partial charge in [-0.15, -0.1) is 11.3 Å². The van der Waals surface area contributed by atoms with Crippen LogP contribution < -0.4 is 11.1 Å². The van der Waals surface area contributed by atoms with Crippen LogP contribution in [-0.4, -0.2) is 11.8 Å². The van der Waals surface area contributed by atoms with Crippen LogP contribution in [0.4, 0.5) is 13.8 Å². The van der Waals surface area contributed by atoms with Crippen LogP contribution in [0, 0.1) is 17.6 Å². The second-order valence-corrected chi connectivity index (χ2v) is 7.63. The van der Waals surface area contributed by atoms with E-state index in [1.165, 1.54) is 11.3 Å². The van der Waals surface area contributed by atoms with Crippen molar-refractivity contribution in [3.8, 4) is 0 Å². The third-order valence-electron chi connectivity index (χ3n) is 4.24. The number of halogens is 3. The van der Waals surface area contributed by atoms with Crippen molar-refractivity contribution in [3.05, 3.63) is 50.4 Å². The summed E-state index contributed by atoms with van der Waals surface area (Å²) in [6, 6.07) is 1.47. The fraction of sp³-hybridized carbons (Fsp3) is 0.294. The minimum Gasteiger partial charge on any atom is -0.365 e. The van der Waals surface area contributed by atoms with Crippen molar-refractivity contribution >= 4 is 39.8 Å². The molecule has 3 N–H and O–H groups in total. The standard InChI is InChI=1S/C17H15ClF2N2O2S/c1-7-2-3-8-13(4-7)25-17(14(8)15(21)23)22-16(24)9-5-11(19)12(20)6-10(9)18/h5-7H,2-4H2,1H3,(H2,21,23)(H,22,24)/t7-/m0/s1. The van der Waals surface area contributed by atoms with Gasteiger partial charge in [-0.05, 0) is 42.9 Å². The Bertz CT molecular complexity index is 882. The van der Waals surface area contributed by atoms with Gasteiger partial charge in [-0.2, -0.15) is 0 Å². The molecule has 0 fully saturated rings. The average molecular weight is 385 g/mol. The van der Waals surface area contributed by atoms with Gasteiger partial charge in [0.1, 0.15) is 5.00 Å². The first-order valence-corrected chi connectivity index (χ1v) is 8.87. The van der Waals surface area contributed by atoms with Gasteiger partial charge in [-0.1, -0.05) is 18.5 Å². The van der Waals surface area contributed by atoms with Crippen LogP contribution >= 0.6 is 22.9 Å². The summed E-state index contributed by atoms with van der Waals surface area (Å²) < 4.78 is 26.6. The van der Waals surface area contributed by atoms with Gasteiger partial charge in [0.05, 0.1) is 16.1 Å². The number of hydrogen-bond acceptors (Lipinski definition) is 3. The predicted octanol–water partition coefficient (Wildman–Crippen LogP) is 4.16. The van der Waals surface area contributed by atoms with Gasteiger partial charge in [0.25, 0.3) is 11.8 Å². The van der Waals surface area contributed by atoms with Crippen LogP contribution in [0.3, 0.4) is 0 Å². The van der Waals surface area contributed by atoms with Gasteiger partial charge in [-0.3, -0.25) is 9.59 Å². The number of carbonyl (C=O) groups excluding carboxylic acids is 2. The zero-order valence-electron chi connectivity index (χ0n) is 13.3. The number of rotatable bonds is 3. The van der Waals surface area contributed by atoms with Gasteiger partial charge in [0, 0.05) is 4.88 Å². The quantitative estimate of drug-likeness (QED) is 0.780. The first kappa shape index (κ1) is 17.8. The number of thiophene rings is 1. The molecule has 0 aliphatic heterocycles. The van der Waals surface area contributed by atoms with Crippen molar-refractivity contribution in [2.75, 3.05) is 5.32 Å². The molecular weight excluding hydrogens is 370 g/mol. The minimum atomic E-state index is -1.18. The molecule has 0 radical (unpaired) electrons. The molecule has 0 bridgehead atoms. The minimum absolute atomic E-state index is 0.212. The molecule has 0 spiro atoms. The topological polar surface area (TPSA) is 72.2 Å². The van der Waals surface area contributed by atoms with E-state index in [1.54, 1.807) is 0 Å². The van der Waals surface area contributed by atoms with E-state index in [4.69, 9.17) is 17.3 Å². The van der Waals surface area contributed by atoms with Crippen molar-refractivity contribution in [1.29, 1.82) is 0 Å². The molecular formula is C17H15ClF2N2O2S. The maximum absolute atomic E-state index is 13.4. The van der Waals surface area contributed by atoms with Crippen LogP contribution in [0.25, 0.3) is 0 Å². The molecule has 1 atom stereocenters. The van der Waals surface area contributed by atoms with E-state index in [-0.39, 0.29) is 10.6 Å². The number of hydrogen-bond donors (Lipinski definition) is 2. The molecule has 132 valence electrons. The Kier molecular flexibility index (Phi) is 4.79. The molecule has 1 aromatic heterocycles. The molecule has 0 saturated carbocycles. The SMILES string of the molecule is C[C@H]1CCc2c(sc(NC(=O)c3cc(F)c(F)cc3Cl)c2C(N)=O)C1. The van der Waals surface area contributed by atoms with Crippen molar-refractivity contribution in [2.45, 2.75) is 26.2 Å². The molecule has 4 nitrogen and oxygen atoms in total. The van der Waals surface area contributed by atoms with E-state index in [9.17, 15) is 18.4 Å². The first-order valence-electron chi connectivity index (χ1n) is 7.68. The summed E-state index contributed by atoms with van der Waals surface area (Å²) in [6.07, 6.45) is 2.46. The van der Waals surface area contributed by atoms with Crippen LogP contribution in [0.2, 0.25) is 5.02 Å². The van der Waals surface area contributed by atoms with Gasteiger partial charge in [0.15, 0.2) is 11.6 Å². The number of anilines is 1. The number of carbonyl (C=O) groups is 2. The van der Waals surface area contributed by atoms with Crippen molar-refractivity contribution in [1.82, 2.24) is 0 Å². The van der Waals surface area contributed by atoms with E-state index >= 15 is 0 Å². The zero-order valence-corrected chi connectivity index (χ0v) is 14.9. The molecule has 8 heteroatoms. The van der Waals surface area contributed by atoms with Gasteiger partial charge in [-0.25, -0.2) is 8.78 Å². The highest BCUT2D eigenvalue weighted by atomic mass is 35.5. The van der Waals surface area contributed by atoms with E-state index < -0.39 is 23.4 Å². The smallest absolute Gasteiger partial charge is 0.257 e. The highest BCUT2D eigenvalue weighted by Crippen LogP contribution is 2.39. The number of nitrogens with two attached hydrogens (primary N) is 1. The summed E-state index contributed by atoms with van der Waals surface area (Å²) >= 11 is 7.12.